The second-order valence-corrected chi connectivity index (χ2v) is 5.85. The van der Waals surface area contributed by atoms with Gasteiger partial charge in [-0.05, 0) is 49.9 Å². The maximum absolute atomic E-state index is 9.05. The van der Waals surface area contributed by atoms with Crippen molar-refractivity contribution in [3.63, 3.8) is 0 Å². The van der Waals surface area contributed by atoms with Gasteiger partial charge in [0.05, 0.1) is 11.6 Å². The quantitative estimate of drug-likeness (QED) is 0.895. The van der Waals surface area contributed by atoms with Gasteiger partial charge in [0, 0.05) is 28.9 Å². The summed E-state index contributed by atoms with van der Waals surface area (Å²) in [6.45, 7) is 2.13. The number of hydrogen-bond donors (Lipinski definition) is 1. The van der Waals surface area contributed by atoms with E-state index in [1.165, 1.54) is 5.56 Å². The summed E-state index contributed by atoms with van der Waals surface area (Å²) in [6, 6.07) is 16.3. The number of nitriles is 1. The van der Waals surface area contributed by atoms with Crippen LogP contribution in [0.2, 0.25) is 0 Å². The molecule has 1 N–H and O–H groups in total. The molecule has 0 radical (unpaired) electrons. The highest BCUT2D eigenvalue weighted by Crippen LogP contribution is 2.33. The first-order valence-electron chi connectivity index (χ1n) is 6.77. The monoisotopic (exact) mass is 343 g/mol. The normalized spacial score (nSPS) is 11.8. The smallest absolute Gasteiger partial charge is 0.0992 e. The van der Waals surface area contributed by atoms with Crippen LogP contribution in [0, 0.1) is 11.3 Å². The van der Waals surface area contributed by atoms with Gasteiger partial charge in [-0.25, -0.2) is 0 Å². The Hall–Kier alpha value is -1.83. The molecular formula is C17H18BrN3. The van der Waals surface area contributed by atoms with Gasteiger partial charge in [-0.15, -0.1) is 0 Å². The van der Waals surface area contributed by atoms with E-state index in [4.69, 9.17) is 5.26 Å². The summed E-state index contributed by atoms with van der Waals surface area (Å²) in [5, 5.41) is 12.3. The largest absolute Gasteiger partial charge is 0.344 e. The van der Waals surface area contributed by atoms with Gasteiger partial charge in [0.25, 0.3) is 0 Å². The van der Waals surface area contributed by atoms with Crippen molar-refractivity contribution in [3.05, 3.63) is 58.1 Å². The van der Waals surface area contributed by atoms with Crippen LogP contribution in [0.4, 0.5) is 11.4 Å². The highest BCUT2D eigenvalue weighted by Gasteiger charge is 2.14. The number of halogens is 1. The molecule has 21 heavy (non-hydrogen) atoms. The van der Waals surface area contributed by atoms with Crippen molar-refractivity contribution < 1.29 is 0 Å². The molecule has 2 rings (SSSR count). The van der Waals surface area contributed by atoms with Crippen molar-refractivity contribution in [2.45, 2.75) is 13.0 Å². The number of nitrogens with zero attached hydrogens (tertiary/aromatic N) is 2. The molecule has 0 aliphatic rings. The zero-order valence-corrected chi connectivity index (χ0v) is 14.0. The molecule has 2 aromatic rings. The second-order valence-electron chi connectivity index (χ2n) is 4.93. The first-order valence-corrected chi connectivity index (χ1v) is 7.56. The zero-order valence-electron chi connectivity index (χ0n) is 12.4. The first kappa shape index (κ1) is 15.6. The Bertz CT molecular complexity index is 676. The van der Waals surface area contributed by atoms with Crippen molar-refractivity contribution >= 4 is 27.3 Å². The van der Waals surface area contributed by atoms with Crippen LogP contribution in [0.1, 0.15) is 24.1 Å². The van der Waals surface area contributed by atoms with E-state index in [1.54, 1.807) is 0 Å². The standard InChI is InChI=1S/C17H18BrN3/c1-12(20-2)16-8-7-14(18)10-17(16)21(3)15-6-4-5-13(9-15)11-19/h4-10,12,20H,1-3H3. The number of rotatable bonds is 4. The van der Waals surface area contributed by atoms with Crippen molar-refractivity contribution in [3.8, 4) is 6.07 Å². The third-order valence-electron chi connectivity index (χ3n) is 3.62. The molecule has 1 unspecified atom stereocenters. The number of anilines is 2. The lowest BCUT2D eigenvalue weighted by molar-refractivity contribution is 0.652. The lowest BCUT2D eigenvalue weighted by Crippen LogP contribution is -2.18. The van der Waals surface area contributed by atoms with Crippen molar-refractivity contribution in [2.75, 3.05) is 19.0 Å². The SMILES string of the molecule is CNC(C)c1ccc(Br)cc1N(C)c1cccc(C#N)c1. The Labute approximate surface area is 134 Å². The molecule has 0 aliphatic heterocycles. The van der Waals surface area contributed by atoms with Gasteiger partial charge in [-0.3, -0.25) is 0 Å². The van der Waals surface area contributed by atoms with Gasteiger partial charge in [0.1, 0.15) is 0 Å². The third-order valence-corrected chi connectivity index (χ3v) is 4.11. The zero-order chi connectivity index (χ0) is 15.4. The highest BCUT2D eigenvalue weighted by atomic mass is 79.9. The fourth-order valence-electron chi connectivity index (χ4n) is 2.25. The van der Waals surface area contributed by atoms with E-state index in [2.05, 4.69) is 51.3 Å². The van der Waals surface area contributed by atoms with E-state index in [1.807, 2.05) is 44.4 Å². The fourth-order valence-corrected chi connectivity index (χ4v) is 2.60. The van der Waals surface area contributed by atoms with Crippen LogP contribution >= 0.6 is 15.9 Å². The van der Waals surface area contributed by atoms with E-state index in [9.17, 15) is 0 Å². The number of benzene rings is 2. The lowest BCUT2D eigenvalue weighted by atomic mass is 10.0. The summed E-state index contributed by atoms with van der Waals surface area (Å²) in [7, 11) is 3.97. The predicted molar refractivity (Wildman–Crippen MR) is 90.8 cm³/mol. The average Bonchev–Trinajstić information content (AvgIpc) is 2.53. The molecular weight excluding hydrogens is 326 g/mol. The number of hydrogen-bond acceptors (Lipinski definition) is 3. The Morgan fingerprint density at radius 1 is 1.24 bits per heavy atom. The summed E-state index contributed by atoms with van der Waals surface area (Å²) < 4.78 is 1.04. The first-order chi connectivity index (χ1) is 10.1. The lowest BCUT2D eigenvalue weighted by Gasteiger charge is -2.25. The Morgan fingerprint density at radius 2 is 2.00 bits per heavy atom. The topological polar surface area (TPSA) is 39.1 Å². The Kier molecular flexibility index (Phi) is 5.00. The molecule has 0 spiro atoms. The van der Waals surface area contributed by atoms with Crippen molar-refractivity contribution in [1.82, 2.24) is 5.32 Å². The molecule has 0 bridgehead atoms. The van der Waals surface area contributed by atoms with Gasteiger partial charge in [0.15, 0.2) is 0 Å². The van der Waals surface area contributed by atoms with Gasteiger partial charge in [-0.2, -0.15) is 5.26 Å². The average molecular weight is 344 g/mol. The summed E-state index contributed by atoms with van der Waals surface area (Å²) in [5.74, 6) is 0. The third kappa shape index (κ3) is 3.44. The minimum Gasteiger partial charge on any atom is -0.344 e. The molecule has 1 atom stereocenters. The summed E-state index contributed by atoms with van der Waals surface area (Å²) >= 11 is 3.54. The molecule has 0 fully saturated rings. The summed E-state index contributed by atoms with van der Waals surface area (Å²) in [5.41, 5.74) is 3.99. The van der Waals surface area contributed by atoms with E-state index in [0.29, 0.717) is 5.56 Å². The molecule has 108 valence electrons. The van der Waals surface area contributed by atoms with Crippen molar-refractivity contribution in [2.24, 2.45) is 0 Å². The van der Waals surface area contributed by atoms with Gasteiger partial charge < -0.3 is 10.2 Å². The maximum Gasteiger partial charge on any atom is 0.0992 e. The molecule has 4 heteroatoms. The van der Waals surface area contributed by atoms with Gasteiger partial charge in [-0.1, -0.05) is 28.1 Å². The Balaban J connectivity index is 2.49. The van der Waals surface area contributed by atoms with E-state index in [0.717, 1.165) is 15.8 Å². The highest BCUT2D eigenvalue weighted by molar-refractivity contribution is 9.10. The molecule has 0 saturated heterocycles. The number of nitrogens with one attached hydrogen (secondary N) is 1. The molecule has 0 aliphatic carbocycles. The van der Waals surface area contributed by atoms with Crippen LogP contribution in [0.3, 0.4) is 0 Å². The van der Waals surface area contributed by atoms with Crippen LogP contribution in [0.15, 0.2) is 46.9 Å². The molecule has 3 nitrogen and oxygen atoms in total. The van der Waals surface area contributed by atoms with Crippen LogP contribution in [-0.2, 0) is 0 Å². The van der Waals surface area contributed by atoms with Crippen LogP contribution in [0.25, 0.3) is 0 Å². The molecule has 0 heterocycles. The molecule has 0 aromatic heterocycles. The van der Waals surface area contributed by atoms with Gasteiger partial charge in [0.2, 0.25) is 0 Å². The van der Waals surface area contributed by atoms with Crippen LogP contribution in [-0.4, -0.2) is 14.1 Å². The molecule has 0 amide bonds. The van der Waals surface area contributed by atoms with E-state index < -0.39 is 0 Å². The molecule has 0 saturated carbocycles. The van der Waals surface area contributed by atoms with Crippen LogP contribution < -0.4 is 10.2 Å². The summed E-state index contributed by atoms with van der Waals surface area (Å²) in [6.07, 6.45) is 0. The fraction of sp³-hybridized carbons (Fsp3) is 0.235. The van der Waals surface area contributed by atoms with E-state index in [-0.39, 0.29) is 6.04 Å². The van der Waals surface area contributed by atoms with Gasteiger partial charge >= 0.3 is 0 Å². The molecule has 2 aromatic carbocycles. The predicted octanol–water partition coefficient (Wildman–Crippen LogP) is 4.37. The second kappa shape index (κ2) is 6.75. The minimum absolute atomic E-state index is 0.245. The van der Waals surface area contributed by atoms with Crippen LogP contribution in [0.5, 0.6) is 0 Å². The van der Waals surface area contributed by atoms with E-state index >= 15 is 0 Å². The van der Waals surface area contributed by atoms with Crippen molar-refractivity contribution in [1.29, 1.82) is 5.26 Å². The Morgan fingerprint density at radius 3 is 2.67 bits per heavy atom. The maximum atomic E-state index is 9.05. The summed E-state index contributed by atoms with van der Waals surface area (Å²) in [4.78, 5) is 2.11. The minimum atomic E-state index is 0.245.